The lowest BCUT2D eigenvalue weighted by atomic mass is 10.2. The highest BCUT2D eigenvalue weighted by molar-refractivity contribution is 7.89. The van der Waals surface area contributed by atoms with Crippen LogP contribution in [0.5, 0.6) is 0 Å². The topological polar surface area (TPSA) is 71.3 Å². The molecule has 1 aromatic rings. The smallest absolute Gasteiger partial charge is 0.213 e. The van der Waals surface area contributed by atoms with Crippen molar-refractivity contribution in [2.45, 2.75) is 25.8 Å². The molecule has 17 heavy (non-hydrogen) atoms. The Bertz CT molecular complexity index is 400. The Morgan fingerprint density at radius 1 is 1.47 bits per heavy atom. The Morgan fingerprint density at radius 2 is 2.24 bits per heavy atom. The summed E-state index contributed by atoms with van der Waals surface area (Å²) in [7, 11) is -1.45. The zero-order valence-electron chi connectivity index (χ0n) is 10.3. The normalized spacial score (nSPS) is 13.8. The fourth-order valence-electron chi connectivity index (χ4n) is 1.47. The largest absolute Gasteiger partial charge is 0.469 e. The molecular formula is C11H20N2O3S. The van der Waals surface area contributed by atoms with Gasteiger partial charge in [-0.2, -0.15) is 0 Å². The fraction of sp³-hybridized carbons (Fsp3) is 0.636. The summed E-state index contributed by atoms with van der Waals surface area (Å²) in [4.78, 5) is 0. The van der Waals surface area contributed by atoms with Gasteiger partial charge in [0, 0.05) is 19.0 Å². The van der Waals surface area contributed by atoms with Crippen LogP contribution in [0.3, 0.4) is 0 Å². The lowest BCUT2D eigenvalue weighted by molar-refractivity contribution is 0.480. The van der Waals surface area contributed by atoms with E-state index < -0.39 is 10.0 Å². The van der Waals surface area contributed by atoms with Crippen molar-refractivity contribution >= 4 is 10.0 Å². The zero-order chi connectivity index (χ0) is 12.7. The van der Waals surface area contributed by atoms with E-state index >= 15 is 0 Å². The van der Waals surface area contributed by atoms with E-state index in [-0.39, 0.29) is 11.8 Å². The van der Waals surface area contributed by atoms with Gasteiger partial charge < -0.3 is 9.73 Å². The lowest BCUT2D eigenvalue weighted by Gasteiger charge is -2.13. The highest BCUT2D eigenvalue weighted by atomic mass is 32.2. The average Bonchev–Trinajstić information content (AvgIpc) is 2.76. The van der Waals surface area contributed by atoms with Gasteiger partial charge in [0.1, 0.15) is 5.76 Å². The Labute approximate surface area is 103 Å². The van der Waals surface area contributed by atoms with Gasteiger partial charge in [-0.3, -0.25) is 0 Å². The van der Waals surface area contributed by atoms with Crippen molar-refractivity contribution in [1.82, 2.24) is 10.0 Å². The number of nitrogens with one attached hydrogen (secondary N) is 2. The van der Waals surface area contributed by atoms with Crippen LogP contribution in [0.15, 0.2) is 22.8 Å². The molecule has 0 radical (unpaired) electrons. The maximum Gasteiger partial charge on any atom is 0.213 e. The van der Waals surface area contributed by atoms with E-state index in [0.717, 1.165) is 18.6 Å². The van der Waals surface area contributed by atoms with Crippen LogP contribution in [0.25, 0.3) is 0 Å². The second kappa shape index (κ2) is 6.78. The molecule has 1 aromatic heterocycles. The average molecular weight is 260 g/mol. The van der Waals surface area contributed by atoms with E-state index in [0.29, 0.717) is 6.54 Å². The second-order valence-corrected chi connectivity index (χ2v) is 5.93. The highest BCUT2D eigenvalue weighted by Gasteiger charge is 2.13. The van der Waals surface area contributed by atoms with E-state index in [1.165, 1.54) is 0 Å². The standard InChI is InChI=1S/C11H20N2O3S/c1-10(5-6-11-4-3-8-16-11)13-17(14,15)9-7-12-2/h3-4,8,10,12-13H,5-7,9H2,1-2H3. The number of aryl methyl sites for hydroxylation is 1. The van der Waals surface area contributed by atoms with Crippen molar-refractivity contribution in [3.05, 3.63) is 24.2 Å². The molecular weight excluding hydrogens is 240 g/mol. The Hall–Kier alpha value is -0.850. The third-order valence-corrected chi connectivity index (χ3v) is 3.91. The predicted molar refractivity (Wildman–Crippen MR) is 67.3 cm³/mol. The SMILES string of the molecule is CNCCS(=O)(=O)NC(C)CCc1ccco1. The summed E-state index contributed by atoms with van der Waals surface area (Å²) in [6.07, 6.45) is 3.09. The Balaban J connectivity index is 2.31. The van der Waals surface area contributed by atoms with E-state index in [9.17, 15) is 8.42 Å². The summed E-state index contributed by atoms with van der Waals surface area (Å²) in [6.45, 7) is 2.32. The summed E-state index contributed by atoms with van der Waals surface area (Å²) in [5, 5.41) is 2.82. The summed E-state index contributed by atoms with van der Waals surface area (Å²) < 4.78 is 31.0. The van der Waals surface area contributed by atoms with E-state index in [2.05, 4.69) is 10.0 Å². The first-order valence-electron chi connectivity index (χ1n) is 5.70. The first kappa shape index (κ1) is 14.2. The molecule has 6 heteroatoms. The first-order chi connectivity index (χ1) is 8.03. The third kappa shape index (κ3) is 5.86. The van der Waals surface area contributed by atoms with Gasteiger partial charge >= 0.3 is 0 Å². The van der Waals surface area contributed by atoms with Crippen LogP contribution in [0.4, 0.5) is 0 Å². The molecule has 1 unspecified atom stereocenters. The first-order valence-corrected chi connectivity index (χ1v) is 7.35. The molecule has 0 bridgehead atoms. The molecule has 1 heterocycles. The summed E-state index contributed by atoms with van der Waals surface area (Å²) >= 11 is 0. The molecule has 0 aliphatic rings. The van der Waals surface area contributed by atoms with E-state index in [4.69, 9.17) is 4.42 Å². The van der Waals surface area contributed by atoms with Crippen molar-refractivity contribution in [3.8, 4) is 0 Å². The van der Waals surface area contributed by atoms with Gasteiger partial charge in [0.2, 0.25) is 10.0 Å². The van der Waals surface area contributed by atoms with E-state index in [1.54, 1.807) is 13.3 Å². The van der Waals surface area contributed by atoms with Crippen molar-refractivity contribution in [2.24, 2.45) is 0 Å². The van der Waals surface area contributed by atoms with Crippen LogP contribution in [-0.2, 0) is 16.4 Å². The van der Waals surface area contributed by atoms with Crippen molar-refractivity contribution in [3.63, 3.8) is 0 Å². The van der Waals surface area contributed by atoms with E-state index in [1.807, 2.05) is 19.1 Å². The number of hydrogen-bond donors (Lipinski definition) is 2. The maximum absolute atomic E-state index is 11.6. The van der Waals surface area contributed by atoms with Gasteiger partial charge in [0.15, 0.2) is 0 Å². The molecule has 5 nitrogen and oxygen atoms in total. The Kier molecular flexibility index (Phi) is 5.67. The monoisotopic (exact) mass is 260 g/mol. The molecule has 0 aliphatic carbocycles. The van der Waals surface area contributed by atoms with Crippen LogP contribution in [0, 0.1) is 0 Å². The zero-order valence-corrected chi connectivity index (χ0v) is 11.1. The quantitative estimate of drug-likeness (QED) is 0.723. The molecule has 0 aliphatic heterocycles. The number of furan rings is 1. The molecule has 1 rings (SSSR count). The summed E-state index contributed by atoms with van der Waals surface area (Å²) in [6, 6.07) is 3.64. The van der Waals surface area contributed by atoms with Crippen LogP contribution >= 0.6 is 0 Å². The highest BCUT2D eigenvalue weighted by Crippen LogP contribution is 2.06. The van der Waals surface area contributed by atoms with Gasteiger partial charge in [-0.05, 0) is 32.5 Å². The minimum Gasteiger partial charge on any atom is -0.469 e. The maximum atomic E-state index is 11.6. The van der Waals surface area contributed by atoms with Crippen molar-refractivity contribution in [1.29, 1.82) is 0 Å². The van der Waals surface area contributed by atoms with Crippen LogP contribution < -0.4 is 10.0 Å². The third-order valence-electron chi connectivity index (χ3n) is 2.41. The van der Waals surface area contributed by atoms with Crippen LogP contribution in [-0.4, -0.2) is 33.8 Å². The molecule has 98 valence electrons. The molecule has 0 fully saturated rings. The minimum absolute atomic E-state index is 0.0815. The molecule has 0 spiro atoms. The van der Waals surface area contributed by atoms with Gasteiger partial charge in [-0.15, -0.1) is 0 Å². The number of rotatable bonds is 8. The molecule has 2 N–H and O–H groups in total. The van der Waals surface area contributed by atoms with Crippen LogP contribution in [0.2, 0.25) is 0 Å². The molecule has 0 saturated carbocycles. The van der Waals surface area contributed by atoms with Gasteiger partial charge in [-0.25, -0.2) is 13.1 Å². The molecule has 1 atom stereocenters. The Morgan fingerprint density at radius 3 is 2.82 bits per heavy atom. The molecule has 0 amide bonds. The number of sulfonamides is 1. The second-order valence-electron chi connectivity index (χ2n) is 4.06. The van der Waals surface area contributed by atoms with Crippen LogP contribution in [0.1, 0.15) is 19.1 Å². The van der Waals surface area contributed by atoms with Gasteiger partial charge in [-0.1, -0.05) is 0 Å². The molecule has 0 aromatic carbocycles. The lowest BCUT2D eigenvalue weighted by Crippen LogP contribution is -2.37. The molecule has 0 saturated heterocycles. The van der Waals surface area contributed by atoms with Gasteiger partial charge in [0.25, 0.3) is 0 Å². The van der Waals surface area contributed by atoms with Crippen molar-refractivity contribution < 1.29 is 12.8 Å². The van der Waals surface area contributed by atoms with Gasteiger partial charge in [0.05, 0.1) is 12.0 Å². The number of hydrogen-bond acceptors (Lipinski definition) is 4. The predicted octanol–water partition coefficient (Wildman–Crippen LogP) is 0.740. The minimum atomic E-state index is -3.18. The summed E-state index contributed by atoms with van der Waals surface area (Å²) in [5.41, 5.74) is 0. The fourth-order valence-corrected chi connectivity index (χ4v) is 2.80. The van der Waals surface area contributed by atoms with Crippen molar-refractivity contribution in [2.75, 3.05) is 19.3 Å². The summed E-state index contributed by atoms with van der Waals surface area (Å²) in [5.74, 6) is 0.987.